The molecule has 0 atom stereocenters. The monoisotopic (exact) mass is 204 g/mol. The minimum absolute atomic E-state index is 0.0477. The van der Waals surface area contributed by atoms with Crippen LogP contribution in [-0.2, 0) is 17.1 Å². The van der Waals surface area contributed by atoms with E-state index in [-0.39, 0.29) is 17.9 Å². The molecule has 0 bridgehead atoms. The Hall–Kier alpha value is -1.46. The largest absolute Gasteiger partial charge is 0.481 e. The highest BCUT2D eigenvalue weighted by Gasteiger charge is 2.30. The number of aliphatic carboxylic acids is 1. The van der Waals surface area contributed by atoms with Crippen LogP contribution in [0.1, 0.15) is 24.1 Å². The first-order valence-corrected chi connectivity index (χ1v) is 3.96. The first-order chi connectivity index (χ1) is 6.30. The summed E-state index contributed by atoms with van der Waals surface area (Å²) < 4.78 is 25.7. The van der Waals surface area contributed by atoms with Crippen LogP contribution in [0.25, 0.3) is 0 Å². The molecule has 0 aromatic carbocycles. The fourth-order valence-electron chi connectivity index (χ4n) is 1.18. The van der Waals surface area contributed by atoms with Crippen molar-refractivity contribution in [3.05, 3.63) is 17.2 Å². The number of rotatable bonds is 3. The number of halogens is 2. The third kappa shape index (κ3) is 2.27. The Bertz CT molecular complexity index is 355. The van der Waals surface area contributed by atoms with Gasteiger partial charge in [0.05, 0.1) is 0 Å². The van der Waals surface area contributed by atoms with Crippen molar-refractivity contribution in [3.8, 4) is 0 Å². The van der Waals surface area contributed by atoms with Crippen LogP contribution < -0.4 is 0 Å². The van der Waals surface area contributed by atoms with Gasteiger partial charge in [0.2, 0.25) is 0 Å². The number of aryl methyl sites for hydroxylation is 1. The van der Waals surface area contributed by atoms with Gasteiger partial charge in [-0.05, 0) is 6.92 Å². The number of H-pyrrole nitrogens is 1. The zero-order valence-electron chi connectivity index (χ0n) is 7.77. The average Bonchev–Trinajstić information content (AvgIpc) is 2.27. The Morgan fingerprint density at radius 1 is 1.64 bits per heavy atom. The van der Waals surface area contributed by atoms with Crippen LogP contribution in [0.4, 0.5) is 8.78 Å². The number of imidazole rings is 1. The highest BCUT2D eigenvalue weighted by atomic mass is 19.3. The lowest BCUT2D eigenvalue weighted by Gasteiger charge is -2.06. The van der Waals surface area contributed by atoms with Crippen LogP contribution >= 0.6 is 0 Å². The molecule has 1 aromatic heterocycles. The van der Waals surface area contributed by atoms with E-state index >= 15 is 0 Å². The number of nitrogens with zero attached hydrogens (tertiary/aromatic N) is 1. The third-order valence-corrected chi connectivity index (χ3v) is 1.67. The molecule has 14 heavy (non-hydrogen) atoms. The predicted octanol–water partition coefficient (Wildman–Crippen LogP) is 1.46. The molecule has 0 aliphatic carbocycles. The number of carbonyl (C=O) groups is 1. The second kappa shape index (κ2) is 3.36. The van der Waals surface area contributed by atoms with Crippen molar-refractivity contribution in [2.45, 2.75) is 26.2 Å². The van der Waals surface area contributed by atoms with Crippen molar-refractivity contribution >= 4 is 5.97 Å². The van der Waals surface area contributed by atoms with Gasteiger partial charge >= 0.3 is 5.97 Å². The average molecular weight is 204 g/mol. The van der Waals surface area contributed by atoms with Crippen LogP contribution in [0.15, 0.2) is 0 Å². The molecular weight excluding hydrogens is 194 g/mol. The zero-order chi connectivity index (χ0) is 10.9. The van der Waals surface area contributed by atoms with Gasteiger partial charge in [-0.3, -0.25) is 4.79 Å². The van der Waals surface area contributed by atoms with E-state index in [2.05, 4.69) is 9.97 Å². The molecule has 0 saturated carbocycles. The summed E-state index contributed by atoms with van der Waals surface area (Å²) in [6.45, 7) is 2.16. The standard InChI is InChI=1S/C8H10F2N2O2/c1-4-7(8(2,9)10)12-5(11-4)3-6(13)14/h3H2,1-2H3,(H,11,12)(H,13,14). The molecule has 1 rings (SSSR count). The first-order valence-electron chi connectivity index (χ1n) is 3.96. The number of carboxylic acid groups (broad SMARTS) is 1. The molecule has 4 nitrogen and oxygen atoms in total. The number of aromatic amines is 1. The van der Waals surface area contributed by atoms with Crippen molar-refractivity contribution in [2.75, 3.05) is 0 Å². The lowest BCUT2D eigenvalue weighted by molar-refractivity contribution is -0.136. The summed E-state index contributed by atoms with van der Waals surface area (Å²) >= 11 is 0. The maximum absolute atomic E-state index is 12.8. The molecule has 1 aromatic rings. The van der Waals surface area contributed by atoms with E-state index in [1.54, 1.807) is 0 Å². The summed E-state index contributed by atoms with van der Waals surface area (Å²) in [4.78, 5) is 16.3. The second-order valence-electron chi connectivity index (χ2n) is 3.12. The maximum Gasteiger partial charge on any atom is 0.311 e. The minimum atomic E-state index is -3.04. The number of carboxylic acids is 1. The van der Waals surface area contributed by atoms with Gasteiger partial charge in [0, 0.05) is 12.6 Å². The minimum Gasteiger partial charge on any atom is -0.481 e. The lowest BCUT2D eigenvalue weighted by Crippen LogP contribution is -2.09. The SMILES string of the molecule is Cc1[nH]c(CC(=O)O)nc1C(C)(F)F. The summed E-state index contributed by atoms with van der Waals surface area (Å²) in [5.41, 5.74) is -0.192. The predicted molar refractivity (Wildman–Crippen MR) is 44.2 cm³/mol. The van der Waals surface area contributed by atoms with Gasteiger partial charge in [0.25, 0.3) is 5.92 Å². The fourth-order valence-corrected chi connectivity index (χ4v) is 1.18. The quantitative estimate of drug-likeness (QED) is 0.783. The Morgan fingerprint density at radius 2 is 2.21 bits per heavy atom. The van der Waals surface area contributed by atoms with E-state index in [0.717, 1.165) is 6.92 Å². The number of aromatic nitrogens is 2. The summed E-state index contributed by atoms with van der Waals surface area (Å²) in [6, 6.07) is 0. The molecule has 0 unspecified atom stereocenters. The maximum atomic E-state index is 12.8. The Morgan fingerprint density at radius 3 is 2.57 bits per heavy atom. The molecule has 0 saturated heterocycles. The summed E-state index contributed by atoms with van der Waals surface area (Å²) in [5, 5.41) is 8.42. The number of nitrogens with one attached hydrogen (secondary N) is 1. The van der Waals surface area contributed by atoms with Crippen molar-refractivity contribution in [1.29, 1.82) is 0 Å². The summed E-state index contributed by atoms with van der Waals surface area (Å²) in [6.07, 6.45) is -0.378. The molecule has 2 N–H and O–H groups in total. The van der Waals surface area contributed by atoms with E-state index in [1.807, 2.05) is 0 Å². The van der Waals surface area contributed by atoms with Gasteiger partial charge in [-0.25, -0.2) is 4.98 Å². The van der Waals surface area contributed by atoms with Crippen LogP contribution in [0.5, 0.6) is 0 Å². The third-order valence-electron chi connectivity index (χ3n) is 1.67. The molecular formula is C8H10F2N2O2. The van der Waals surface area contributed by atoms with E-state index < -0.39 is 17.6 Å². The molecule has 0 fully saturated rings. The molecule has 1 heterocycles. The van der Waals surface area contributed by atoms with Crippen LogP contribution in [0, 0.1) is 6.92 Å². The molecule has 0 amide bonds. The Balaban J connectivity index is 2.99. The van der Waals surface area contributed by atoms with Gasteiger partial charge < -0.3 is 10.1 Å². The van der Waals surface area contributed by atoms with E-state index in [4.69, 9.17) is 5.11 Å². The molecule has 0 radical (unpaired) electrons. The Kier molecular flexibility index (Phi) is 2.55. The first kappa shape index (κ1) is 10.6. The van der Waals surface area contributed by atoms with Crippen molar-refractivity contribution in [3.63, 3.8) is 0 Å². The molecule has 6 heteroatoms. The Labute approximate surface area is 79.0 Å². The van der Waals surface area contributed by atoms with Crippen molar-refractivity contribution < 1.29 is 18.7 Å². The number of hydrogen-bond acceptors (Lipinski definition) is 2. The second-order valence-corrected chi connectivity index (χ2v) is 3.12. The molecule has 0 aliphatic rings. The van der Waals surface area contributed by atoms with Gasteiger partial charge in [0.15, 0.2) is 0 Å². The van der Waals surface area contributed by atoms with Crippen LogP contribution in [0.3, 0.4) is 0 Å². The van der Waals surface area contributed by atoms with Gasteiger partial charge in [-0.2, -0.15) is 8.78 Å². The highest BCUT2D eigenvalue weighted by molar-refractivity contribution is 5.69. The van der Waals surface area contributed by atoms with Crippen molar-refractivity contribution in [2.24, 2.45) is 0 Å². The highest BCUT2D eigenvalue weighted by Crippen LogP contribution is 2.27. The topological polar surface area (TPSA) is 66.0 Å². The number of alkyl halides is 2. The van der Waals surface area contributed by atoms with Crippen LogP contribution in [0.2, 0.25) is 0 Å². The smallest absolute Gasteiger partial charge is 0.311 e. The van der Waals surface area contributed by atoms with Crippen LogP contribution in [-0.4, -0.2) is 21.0 Å². The number of hydrogen-bond donors (Lipinski definition) is 2. The zero-order valence-corrected chi connectivity index (χ0v) is 7.77. The molecule has 0 spiro atoms. The van der Waals surface area contributed by atoms with E-state index in [0.29, 0.717) is 0 Å². The summed E-state index contributed by atoms with van der Waals surface area (Å²) in [7, 11) is 0. The lowest BCUT2D eigenvalue weighted by atomic mass is 10.2. The fraction of sp³-hybridized carbons (Fsp3) is 0.500. The van der Waals surface area contributed by atoms with Gasteiger partial charge in [-0.15, -0.1) is 0 Å². The van der Waals surface area contributed by atoms with Gasteiger partial charge in [-0.1, -0.05) is 0 Å². The van der Waals surface area contributed by atoms with E-state index in [1.165, 1.54) is 6.92 Å². The molecule has 0 aliphatic heterocycles. The molecule has 78 valence electrons. The summed E-state index contributed by atoms with van der Waals surface area (Å²) in [5.74, 6) is -4.10. The normalized spacial score (nSPS) is 11.7. The van der Waals surface area contributed by atoms with E-state index in [9.17, 15) is 13.6 Å². The van der Waals surface area contributed by atoms with Gasteiger partial charge in [0.1, 0.15) is 17.9 Å². The van der Waals surface area contributed by atoms with Crippen molar-refractivity contribution in [1.82, 2.24) is 9.97 Å².